The Bertz CT molecular complexity index is 182. The van der Waals surface area contributed by atoms with E-state index >= 15 is 0 Å². The molecule has 0 saturated heterocycles. The van der Waals surface area contributed by atoms with Crippen LogP contribution in [0.15, 0.2) is 5.16 Å². The van der Waals surface area contributed by atoms with Gasteiger partial charge in [-0.25, -0.2) is 4.79 Å². The van der Waals surface area contributed by atoms with Gasteiger partial charge in [-0.1, -0.05) is 5.16 Å². The molecule has 0 heterocycles. The molecule has 70 valence electrons. The molecule has 0 fully saturated rings. The number of carbonyl (C=O) groups is 1. The molecule has 0 aliphatic rings. The Morgan fingerprint density at radius 2 is 2.17 bits per heavy atom. The Kier molecular flexibility index (Phi) is 5.19. The highest BCUT2D eigenvalue weighted by molar-refractivity contribution is 6.27. The van der Waals surface area contributed by atoms with Gasteiger partial charge < -0.3 is 14.5 Å². The van der Waals surface area contributed by atoms with E-state index in [0.717, 1.165) is 0 Å². The molecule has 0 spiro atoms. The average molecular weight is 195 g/mol. The monoisotopic (exact) mass is 194 g/mol. The number of hydrogen-bond acceptors (Lipinski definition) is 4. The van der Waals surface area contributed by atoms with Gasteiger partial charge in [-0.15, -0.1) is 11.6 Å². The highest BCUT2D eigenvalue weighted by Gasteiger charge is 2.09. The van der Waals surface area contributed by atoms with Crippen LogP contribution in [0, 0.1) is 0 Å². The average Bonchev–Trinajstić information content (AvgIpc) is 2.03. The highest BCUT2D eigenvalue weighted by Crippen LogP contribution is 1.92. The third-order valence-electron chi connectivity index (χ3n) is 0.878. The fourth-order valence-corrected chi connectivity index (χ4v) is 0.468. The summed E-state index contributed by atoms with van der Waals surface area (Å²) in [6.45, 7) is 0. The minimum absolute atomic E-state index is 0.00653. The van der Waals surface area contributed by atoms with E-state index in [0.29, 0.717) is 0 Å². The van der Waals surface area contributed by atoms with Crippen molar-refractivity contribution in [2.45, 2.75) is 0 Å². The fraction of sp³-hybridized carbons (Fsp3) is 0.667. The molecular weight excluding hydrogens is 184 g/mol. The van der Waals surface area contributed by atoms with E-state index in [4.69, 9.17) is 11.6 Å². The lowest BCUT2D eigenvalue weighted by Crippen LogP contribution is -2.26. The second-order valence-corrected chi connectivity index (χ2v) is 2.33. The molecule has 0 atom stereocenters. The SMILES string of the molecule is CON=C(CCl)OC(=O)N(C)C. The molecule has 0 aromatic carbocycles. The van der Waals surface area contributed by atoms with Crippen LogP contribution in [0.3, 0.4) is 0 Å². The van der Waals surface area contributed by atoms with Gasteiger partial charge in [-0.05, 0) is 0 Å². The van der Waals surface area contributed by atoms with E-state index in [1.165, 1.54) is 12.0 Å². The van der Waals surface area contributed by atoms with E-state index < -0.39 is 6.09 Å². The van der Waals surface area contributed by atoms with Gasteiger partial charge in [-0.3, -0.25) is 0 Å². The summed E-state index contributed by atoms with van der Waals surface area (Å²) in [5, 5.41) is 3.38. The second kappa shape index (κ2) is 5.65. The van der Waals surface area contributed by atoms with Crippen LogP contribution in [0.5, 0.6) is 0 Å². The highest BCUT2D eigenvalue weighted by atomic mass is 35.5. The van der Waals surface area contributed by atoms with E-state index in [-0.39, 0.29) is 11.8 Å². The van der Waals surface area contributed by atoms with Crippen molar-refractivity contribution >= 4 is 23.6 Å². The Morgan fingerprint density at radius 1 is 1.58 bits per heavy atom. The van der Waals surface area contributed by atoms with Gasteiger partial charge in [0.05, 0.1) is 0 Å². The summed E-state index contributed by atoms with van der Waals surface area (Å²) in [5.41, 5.74) is 0. The van der Waals surface area contributed by atoms with Crippen molar-refractivity contribution in [3.8, 4) is 0 Å². The van der Waals surface area contributed by atoms with Crippen molar-refractivity contribution in [2.24, 2.45) is 5.16 Å². The largest absolute Gasteiger partial charge is 0.415 e. The number of carbonyl (C=O) groups excluding carboxylic acids is 1. The van der Waals surface area contributed by atoms with Gasteiger partial charge >= 0.3 is 6.09 Å². The summed E-state index contributed by atoms with van der Waals surface area (Å²) in [4.78, 5) is 16.5. The van der Waals surface area contributed by atoms with Crippen LogP contribution in [0.1, 0.15) is 0 Å². The lowest BCUT2D eigenvalue weighted by atomic mass is 10.7. The van der Waals surface area contributed by atoms with E-state index in [1.54, 1.807) is 14.1 Å². The number of halogens is 1. The van der Waals surface area contributed by atoms with Gasteiger partial charge in [0.25, 0.3) is 5.90 Å². The lowest BCUT2D eigenvalue weighted by molar-refractivity contribution is 0.157. The minimum atomic E-state index is -0.536. The first-order valence-corrected chi connectivity index (χ1v) is 3.70. The second-order valence-electron chi connectivity index (χ2n) is 2.06. The van der Waals surface area contributed by atoms with Crippen LogP contribution < -0.4 is 0 Å². The molecule has 0 aromatic rings. The quantitative estimate of drug-likeness (QED) is 0.284. The molecule has 0 rings (SSSR count). The first kappa shape index (κ1) is 11.0. The van der Waals surface area contributed by atoms with Crippen molar-refractivity contribution in [1.82, 2.24) is 4.90 Å². The number of oxime groups is 1. The topological polar surface area (TPSA) is 51.1 Å². The summed E-state index contributed by atoms with van der Waals surface area (Å²) in [7, 11) is 4.46. The van der Waals surface area contributed by atoms with Crippen LogP contribution >= 0.6 is 11.6 Å². The maximum absolute atomic E-state index is 10.9. The predicted octanol–water partition coefficient (Wildman–Crippen LogP) is 0.883. The molecular formula is C6H11ClN2O3. The van der Waals surface area contributed by atoms with Gasteiger partial charge in [0.2, 0.25) is 0 Å². The third kappa shape index (κ3) is 4.02. The van der Waals surface area contributed by atoms with Gasteiger partial charge in [-0.2, -0.15) is 0 Å². The van der Waals surface area contributed by atoms with Crippen molar-refractivity contribution in [2.75, 3.05) is 27.1 Å². The maximum Gasteiger partial charge on any atom is 0.415 e. The third-order valence-corrected chi connectivity index (χ3v) is 1.11. The van der Waals surface area contributed by atoms with Crippen molar-refractivity contribution < 1.29 is 14.4 Å². The summed E-state index contributed by atoms with van der Waals surface area (Å²) in [5.74, 6) is 0.0332. The van der Waals surface area contributed by atoms with Gasteiger partial charge in [0, 0.05) is 14.1 Å². The maximum atomic E-state index is 10.9. The predicted molar refractivity (Wildman–Crippen MR) is 45.3 cm³/mol. The zero-order valence-electron chi connectivity index (χ0n) is 7.20. The van der Waals surface area contributed by atoms with E-state index in [2.05, 4.69) is 14.7 Å². The van der Waals surface area contributed by atoms with Gasteiger partial charge in [0.15, 0.2) is 0 Å². The van der Waals surface area contributed by atoms with Crippen molar-refractivity contribution in [3.63, 3.8) is 0 Å². The Hall–Kier alpha value is -0.970. The van der Waals surface area contributed by atoms with Crippen LogP contribution in [0.2, 0.25) is 0 Å². The molecule has 0 aliphatic heterocycles. The zero-order chi connectivity index (χ0) is 9.56. The molecule has 0 radical (unpaired) electrons. The molecule has 6 heteroatoms. The molecule has 0 aliphatic carbocycles. The van der Waals surface area contributed by atoms with Crippen molar-refractivity contribution in [1.29, 1.82) is 0 Å². The van der Waals surface area contributed by atoms with Crippen molar-refractivity contribution in [3.05, 3.63) is 0 Å². The number of ether oxygens (including phenoxy) is 1. The molecule has 0 saturated carbocycles. The smallest absolute Gasteiger partial charge is 0.396 e. The van der Waals surface area contributed by atoms with Gasteiger partial charge in [0.1, 0.15) is 13.0 Å². The molecule has 0 bridgehead atoms. The van der Waals surface area contributed by atoms with Crippen LogP contribution in [0.4, 0.5) is 4.79 Å². The minimum Gasteiger partial charge on any atom is -0.396 e. The number of alkyl halides is 1. The number of rotatable bonds is 2. The summed E-state index contributed by atoms with van der Waals surface area (Å²) >= 11 is 5.39. The molecule has 0 unspecified atom stereocenters. The molecule has 5 nitrogen and oxygen atoms in total. The molecule has 0 N–H and O–H groups in total. The van der Waals surface area contributed by atoms with Crippen LogP contribution in [-0.4, -0.2) is 44.0 Å². The summed E-state index contributed by atoms with van der Waals surface area (Å²) in [6.07, 6.45) is -0.536. The summed E-state index contributed by atoms with van der Waals surface area (Å²) in [6, 6.07) is 0. The Balaban J connectivity index is 4.03. The normalized spacial score (nSPS) is 10.8. The lowest BCUT2D eigenvalue weighted by Gasteiger charge is -2.09. The molecule has 1 amide bonds. The molecule has 12 heavy (non-hydrogen) atoms. The first-order valence-electron chi connectivity index (χ1n) is 3.17. The van der Waals surface area contributed by atoms with Crippen LogP contribution in [0.25, 0.3) is 0 Å². The van der Waals surface area contributed by atoms with E-state index in [9.17, 15) is 4.79 Å². The Morgan fingerprint density at radius 3 is 2.50 bits per heavy atom. The summed E-state index contributed by atoms with van der Waals surface area (Å²) < 4.78 is 4.68. The van der Waals surface area contributed by atoms with E-state index in [1.807, 2.05) is 0 Å². The number of amides is 1. The number of nitrogens with zero attached hydrogens (tertiary/aromatic N) is 2. The number of hydrogen-bond donors (Lipinski definition) is 0. The Labute approximate surface area is 75.9 Å². The first-order chi connectivity index (χ1) is 5.61. The fourth-order valence-electron chi connectivity index (χ4n) is 0.364. The molecule has 0 aromatic heterocycles. The standard InChI is InChI=1S/C6H11ClN2O3/c1-9(2)6(10)12-5(4-7)8-11-3/h4H2,1-3H3. The van der Waals surface area contributed by atoms with Crippen LogP contribution in [-0.2, 0) is 9.57 Å². The zero-order valence-corrected chi connectivity index (χ0v) is 7.96.